The van der Waals surface area contributed by atoms with Crippen molar-refractivity contribution in [2.45, 2.75) is 26.3 Å². The number of carbonyl (C=O) groups excluding carboxylic acids is 1. The van der Waals surface area contributed by atoms with Gasteiger partial charge in [-0.15, -0.1) is 0 Å². The molecule has 2 aromatic rings. The van der Waals surface area contributed by atoms with Crippen LogP contribution in [0.1, 0.15) is 24.0 Å². The quantitative estimate of drug-likeness (QED) is 0.455. The van der Waals surface area contributed by atoms with Crippen molar-refractivity contribution in [2.24, 2.45) is 0 Å². The summed E-state index contributed by atoms with van der Waals surface area (Å²) in [6.45, 7) is 3.58. The Hall–Kier alpha value is -2.09. The van der Waals surface area contributed by atoms with Crippen molar-refractivity contribution in [3.05, 3.63) is 52.0 Å². The molecule has 7 heteroatoms. The van der Waals surface area contributed by atoms with E-state index >= 15 is 0 Å². The Labute approximate surface area is 174 Å². The summed E-state index contributed by atoms with van der Waals surface area (Å²) in [7, 11) is 1.57. The van der Waals surface area contributed by atoms with Crippen LogP contribution in [-0.4, -0.2) is 37.9 Å². The molecule has 0 saturated heterocycles. The lowest BCUT2D eigenvalue weighted by Crippen LogP contribution is -2.20. The predicted molar refractivity (Wildman–Crippen MR) is 114 cm³/mol. The van der Waals surface area contributed by atoms with Crippen LogP contribution in [0.25, 0.3) is 0 Å². The lowest BCUT2D eigenvalue weighted by Gasteiger charge is -2.14. The van der Waals surface area contributed by atoms with Crippen LogP contribution in [0.3, 0.4) is 0 Å². The lowest BCUT2D eigenvalue weighted by atomic mass is 10.2. The third-order valence-corrected chi connectivity index (χ3v) is 4.84. The van der Waals surface area contributed by atoms with Crippen LogP contribution in [0.15, 0.2) is 40.9 Å². The molecule has 3 N–H and O–H groups in total. The van der Waals surface area contributed by atoms with Crippen LogP contribution in [-0.2, 0) is 11.3 Å². The minimum Gasteiger partial charge on any atom is -0.493 e. The number of anilines is 1. The van der Waals surface area contributed by atoms with Crippen LogP contribution in [0.4, 0.5) is 5.69 Å². The number of aliphatic hydroxyl groups excluding tert-OH is 1. The Balaban J connectivity index is 1.92. The fraction of sp³-hybridized carbons (Fsp3) is 0.381. The molecule has 2 rings (SSSR count). The minimum atomic E-state index is -0.239. The van der Waals surface area contributed by atoms with Crippen molar-refractivity contribution >= 4 is 27.5 Å². The molecule has 0 heterocycles. The van der Waals surface area contributed by atoms with Crippen molar-refractivity contribution in [1.82, 2.24) is 5.32 Å². The molecular weight excluding hydrogens is 424 g/mol. The average Bonchev–Trinajstić information content (AvgIpc) is 2.69. The summed E-state index contributed by atoms with van der Waals surface area (Å²) < 4.78 is 11.9. The Bertz CT molecular complexity index is 766. The number of amides is 1. The summed E-state index contributed by atoms with van der Waals surface area (Å²) in [5, 5.41) is 14.9. The zero-order chi connectivity index (χ0) is 20.4. The minimum absolute atomic E-state index is 0.116. The van der Waals surface area contributed by atoms with E-state index in [2.05, 4.69) is 26.6 Å². The molecule has 0 fully saturated rings. The molecule has 0 bridgehead atoms. The van der Waals surface area contributed by atoms with Gasteiger partial charge in [0.1, 0.15) is 0 Å². The van der Waals surface area contributed by atoms with E-state index in [0.717, 1.165) is 40.7 Å². The van der Waals surface area contributed by atoms with E-state index in [0.29, 0.717) is 18.0 Å². The molecule has 0 saturated carbocycles. The number of halogens is 1. The highest BCUT2D eigenvalue weighted by Crippen LogP contribution is 2.33. The molecule has 1 amide bonds. The Morgan fingerprint density at radius 2 is 1.89 bits per heavy atom. The smallest absolute Gasteiger partial charge is 0.262 e. The Kier molecular flexibility index (Phi) is 9.27. The van der Waals surface area contributed by atoms with Gasteiger partial charge in [-0.05, 0) is 56.1 Å². The number of hydrogen-bond donors (Lipinski definition) is 3. The van der Waals surface area contributed by atoms with Gasteiger partial charge in [-0.3, -0.25) is 4.79 Å². The zero-order valence-corrected chi connectivity index (χ0v) is 17.8. The van der Waals surface area contributed by atoms with Crippen LogP contribution in [0.5, 0.6) is 11.5 Å². The van der Waals surface area contributed by atoms with Gasteiger partial charge < -0.3 is 25.2 Å². The van der Waals surface area contributed by atoms with Gasteiger partial charge in [0.25, 0.3) is 5.91 Å². The van der Waals surface area contributed by atoms with E-state index in [9.17, 15) is 4.79 Å². The van der Waals surface area contributed by atoms with Gasteiger partial charge in [-0.25, -0.2) is 0 Å². The second-order valence-corrected chi connectivity index (χ2v) is 7.26. The number of unbranched alkanes of at least 4 members (excludes halogenated alkanes) is 1. The largest absolute Gasteiger partial charge is 0.493 e. The van der Waals surface area contributed by atoms with Crippen molar-refractivity contribution in [1.29, 1.82) is 0 Å². The first-order chi connectivity index (χ1) is 13.5. The van der Waals surface area contributed by atoms with E-state index in [1.807, 2.05) is 43.3 Å². The molecule has 0 radical (unpaired) electrons. The number of hydrogen-bond acceptors (Lipinski definition) is 5. The SMILES string of the molecule is COc1cc(CNCCCCO)c(Br)cc1OCC(=O)Nc1ccc(C)cc1. The summed E-state index contributed by atoms with van der Waals surface area (Å²) >= 11 is 3.54. The number of carbonyl (C=O) groups is 1. The molecule has 0 aromatic heterocycles. The van der Waals surface area contributed by atoms with Crippen LogP contribution < -0.4 is 20.1 Å². The number of rotatable bonds is 11. The highest BCUT2D eigenvalue weighted by molar-refractivity contribution is 9.10. The molecule has 2 aromatic carbocycles. The summed E-state index contributed by atoms with van der Waals surface area (Å²) in [4.78, 5) is 12.1. The molecule has 152 valence electrons. The van der Waals surface area contributed by atoms with Crippen molar-refractivity contribution in [3.8, 4) is 11.5 Å². The highest BCUT2D eigenvalue weighted by Gasteiger charge is 2.12. The first-order valence-corrected chi connectivity index (χ1v) is 10.00. The van der Waals surface area contributed by atoms with Crippen molar-refractivity contribution in [3.63, 3.8) is 0 Å². The molecule has 0 spiro atoms. The normalized spacial score (nSPS) is 10.6. The average molecular weight is 451 g/mol. The maximum absolute atomic E-state index is 12.1. The van der Waals surface area contributed by atoms with E-state index < -0.39 is 0 Å². The fourth-order valence-electron chi connectivity index (χ4n) is 2.55. The number of ether oxygens (including phenoxy) is 2. The van der Waals surface area contributed by atoms with Gasteiger partial charge in [0.2, 0.25) is 0 Å². The van der Waals surface area contributed by atoms with E-state index in [1.165, 1.54) is 0 Å². The van der Waals surface area contributed by atoms with Gasteiger partial charge >= 0.3 is 0 Å². The highest BCUT2D eigenvalue weighted by atomic mass is 79.9. The van der Waals surface area contributed by atoms with Crippen LogP contribution in [0.2, 0.25) is 0 Å². The molecule has 0 unspecified atom stereocenters. The number of benzene rings is 2. The maximum atomic E-state index is 12.1. The molecule has 0 aliphatic heterocycles. The van der Waals surface area contributed by atoms with Gasteiger partial charge in [-0.2, -0.15) is 0 Å². The molecule has 0 aliphatic rings. The number of methoxy groups -OCH3 is 1. The second-order valence-electron chi connectivity index (χ2n) is 6.40. The summed E-state index contributed by atoms with van der Waals surface area (Å²) in [6.07, 6.45) is 1.71. The van der Waals surface area contributed by atoms with Gasteiger partial charge in [-0.1, -0.05) is 33.6 Å². The van der Waals surface area contributed by atoms with Gasteiger partial charge in [0, 0.05) is 23.3 Å². The topological polar surface area (TPSA) is 79.8 Å². The predicted octanol–water partition coefficient (Wildman–Crippen LogP) is 3.65. The number of aliphatic hydroxyl groups is 1. The molecule has 0 aliphatic carbocycles. The number of nitrogens with one attached hydrogen (secondary N) is 2. The zero-order valence-electron chi connectivity index (χ0n) is 16.3. The van der Waals surface area contributed by atoms with Gasteiger partial charge in [0.15, 0.2) is 18.1 Å². The second kappa shape index (κ2) is 11.7. The van der Waals surface area contributed by atoms with Gasteiger partial charge in [0.05, 0.1) is 7.11 Å². The first-order valence-electron chi connectivity index (χ1n) is 9.20. The third-order valence-electron chi connectivity index (χ3n) is 4.10. The standard InChI is InChI=1S/C21H27BrN2O4/c1-15-5-7-17(8-6-15)24-21(26)14-28-20-12-18(22)16(11-19(20)27-2)13-23-9-3-4-10-25/h5-8,11-12,23,25H,3-4,9-10,13-14H2,1-2H3,(H,24,26). The van der Waals surface area contributed by atoms with Crippen LogP contribution >= 0.6 is 15.9 Å². The Morgan fingerprint density at radius 3 is 2.57 bits per heavy atom. The lowest BCUT2D eigenvalue weighted by molar-refractivity contribution is -0.118. The van der Waals surface area contributed by atoms with Crippen molar-refractivity contribution in [2.75, 3.05) is 32.2 Å². The third kappa shape index (κ3) is 7.14. The molecule has 28 heavy (non-hydrogen) atoms. The Morgan fingerprint density at radius 1 is 1.14 bits per heavy atom. The van der Waals surface area contributed by atoms with E-state index in [1.54, 1.807) is 7.11 Å². The molecular formula is C21H27BrN2O4. The van der Waals surface area contributed by atoms with E-state index in [-0.39, 0.29) is 19.1 Å². The first kappa shape index (κ1) is 22.2. The van der Waals surface area contributed by atoms with E-state index in [4.69, 9.17) is 14.6 Å². The summed E-state index contributed by atoms with van der Waals surface area (Å²) in [6, 6.07) is 11.3. The van der Waals surface area contributed by atoms with Crippen LogP contribution in [0, 0.1) is 6.92 Å². The fourth-order valence-corrected chi connectivity index (χ4v) is 3.01. The summed E-state index contributed by atoms with van der Waals surface area (Å²) in [5.41, 5.74) is 2.89. The molecule has 0 atom stereocenters. The molecule has 6 nitrogen and oxygen atoms in total. The monoisotopic (exact) mass is 450 g/mol. The maximum Gasteiger partial charge on any atom is 0.262 e. The number of aryl methyl sites for hydroxylation is 1. The van der Waals surface area contributed by atoms with Crippen molar-refractivity contribution < 1.29 is 19.4 Å². The summed E-state index contributed by atoms with van der Waals surface area (Å²) in [5.74, 6) is 0.826.